The van der Waals surface area contributed by atoms with Crippen molar-refractivity contribution in [2.24, 2.45) is 0 Å². The summed E-state index contributed by atoms with van der Waals surface area (Å²) in [6, 6.07) is 12.4. The number of pyridine rings is 1. The minimum atomic E-state index is 0.340. The first-order chi connectivity index (χ1) is 9.69. The summed E-state index contributed by atoms with van der Waals surface area (Å²) in [5, 5.41) is 0.945. The monoisotopic (exact) mass is 265 g/mol. The number of benzene rings is 1. The molecule has 2 heterocycles. The average Bonchev–Trinajstić information content (AvgIpc) is 2.48. The van der Waals surface area contributed by atoms with Gasteiger partial charge in [-0.2, -0.15) is 9.97 Å². The Labute approximate surface area is 117 Å². The topological polar surface area (TPSA) is 47.9 Å². The van der Waals surface area contributed by atoms with Gasteiger partial charge in [-0.05, 0) is 25.5 Å². The van der Waals surface area contributed by atoms with Gasteiger partial charge in [-0.1, -0.05) is 30.3 Å². The van der Waals surface area contributed by atoms with Gasteiger partial charge in [-0.3, -0.25) is 0 Å². The molecule has 0 spiro atoms. The Morgan fingerprint density at radius 1 is 0.950 bits per heavy atom. The Hall–Kier alpha value is -2.49. The molecule has 0 atom stereocenters. The van der Waals surface area contributed by atoms with Gasteiger partial charge in [0.05, 0.1) is 12.8 Å². The fourth-order valence-corrected chi connectivity index (χ4v) is 2.13. The SMILES string of the molecule is COc1nc(-c2ccccc2)c2cc(C)c(C)nc2n1. The normalized spacial score (nSPS) is 10.8. The summed E-state index contributed by atoms with van der Waals surface area (Å²) in [6.07, 6.45) is 0. The van der Waals surface area contributed by atoms with Gasteiger partial charge in [0, 0.05) is 16.6 Å². The molecule has 0 aliphatic heterocycles. The molecule has 0 N–H and O–H groups in total. The van der Waals surface area contributed by atoms with Crippen LogP contribution in [-0.4, -0.2) is 22.1 Å². The Morgan fingerprint density at radius 3 is 2.40 bits per heavy atom. The lowest BCUT2D eigenvalue weighted by atomic mass is 10.1. The van der Waals surface area contributed by atoms with E-state index < -0.39 is 0 Å². The highest BCUT2D eigenvalue weighted by molar-refractivity contribution is 5.91. The number of hydrogen-bond acceptors (Lipinski definition) is 4. The summed E-state index contributed by atoms with van der Waals surface area (Å²) in [4.78, 5) is 13.4. The molecule has 0 saturated carbocycles. The third-order valence-corrected chi connectivity index (χ3v) is 3.34. The van der Waals surface area contributed by atoms with Gasteiger partial charge in [0.2, 0.25) is 0 Å². The number of rotatable bonds is 2. The average molecular weight is 265 g/mol. The van der Waals surface area contributed by atoms with Crippen molar-refractivity contribution in [3.05, 3.63) is 47.7 Å². The number of methoxy groups -OCH3 is 1. The number of ether oxygens (including phenoxy) is 1. The molecule has 20 heavy (non-hydrogen) atoms. The Balaban J connectivity index is 2.37. The second-order valence-corrected chi connectivity index (χ2v) is 4.69. The lowest BCUT2D eigenvalue weighted by molar-refractivity contribution is 0.382. The van der Waals surface area contributed by atoms with E-state index in [-0.39, 0.29) is 0 Å². The molecule has 0 fully saturated rings. The smallest absolute Gasteiger partial charge is 0.318 e. The molecule has 0 unspecified atom stereocenters. The van der Waals surface area contributed by atoms with E-state index in [0.29, 0.717) is 11.7 Å². The molecule has 3 rings (SSSR count). The van der Waals surface area contributed by atoms with Gasteiger partial charge in [0.25, 0.3) is 0 Å². The minimum absolute atomic E-state index is 0.340. The third kappa shape index (κ3) is 2.09. The molecule has 3 aromatic rings. The number of nitrogens with zero attached hydrogens (tertiary/aromatic N) is 3. The van der Waals surface area contributed by atoms with E-state index in [0.717, 1.165) is 27.9 Å². The molecule has 0 radical (unpaired) electrons. The lowest BCUT2D eigenvalue weighted by Gasteiger charge is -2.09. The summed E-state index contributed by atoms with van der Waals surface area (Å²) in [7, 11) is 1.57. The van der Waals surface area contributed by atoms with E-state index >= 15 is 0 Å². The zero-order valence-corrected chi connectivity index (χ0v) is 11.7. The summed E-state index contributed by atoms with van der Waals surface area (Å²) in [5.41, 5.74) is 4.64. The van der Waals surface area contributed by atoms with Gasteiger partial charge in [0.1, 0.15) is 0 Å². The Morgan fingerprint density at radius 2 is 1.70 bits per heavy atom. The standard InChI is InChI=1S/C16H15N3O/c1-10-9-13-14(12-7-5-4-6-8-12)18-16(20-3)19-15(13)17-11(10)2/h4-9H,1-3H3. The maximum absolute atomic E-state index is 5.19. The molecule has 1 aromatic carbocycles. The highest BCUT2D eigenvalue weighted by atomic mass is 16.5. The van der Waals surface area contributed by atoms with Crippen LogP contribution in [0.5, 0.6) is 6.01 Å². The van der Waals surface area contributed by atoms with Crippen LogP contribution < -0.4 is 4.74 Å². The van der Waals surface area contributed by atoms with Crippen molar-refractivity contribution in [1.29, 1.82) is 0 Å². The summed E-state index contributed by atoms with van der Waals surface area (Å²) in [6.45, 7) is 4.02. The second-order valence-electron chi connectivity index (χ2n) is 4.69. The Bertz CT molecular complexity index is 770. The first kappa shape index (κ1) is 12.5. The van der Waals surface area contributed by atoms with Gasteiger partial charge in [-0.15, -0.1) is 0 Å². The van der Waals surface area contributed by atoms with Crippen molar-refractivity contribution in [3.8, 4) is 17.3 Å². The molecule has 0 aliphatic carbocycles. The third-order valence-electron chi connectivity index (χ3n) is 3.34. The molecule has 0 amide bonds. The summed E-state index contributed by atoms with van der Waals surface area (Å²) < 4.78 is 5.19. The molecule has 0 bridgehead atoms. The molecule has 2 aromatic heterocycles. The minimum Gasteiger partial charge on any atom is -0.467 e. The molecular weight excluding hydrogens is 250 g/mol. The molecule has 0 aliphatic rings. The molecular formula is C16H15N3O. The van der Waals surface area contributed by atoms with Crippen LogP contribution in [0, 0.1) is 13.8 Å². The van der Waals surface area contributed by atoms with Crippen molar-refractivity contribution in [1.82, 2.24) is 15.0 Å². The zero-order valence-electron chi connectivity index (χ0n) is 11.7. The van der Waals surface area contributed by atoms with Crippen LogP contribution in [0.1, 0.15) is 11.3 Å². The Kier molecular flexibility index (Phi) is 3.06. The van der Waals surface area contributed by atoms with E-state index in [4.69, 9.17) is 4.74 Å². The molecule has 100 valence electrons. The summed E-state index contributed by atoms with van der Waals surface area (Å²) >= 11 is 0. The number of aromatic nitrogens is 3. The first-order valence-electron chi connectivity index (χ1n) is 6.44. The molecule has 0 saturated heterocycles. The number of fused-ring (bicyclic) bond motifs is 1. The van der Waals surface area contributed by atoms with Crippen LogP contribution in [0.3, 0.4) is 0 Å². The van der Waals surface area contributed by atoms with Gasteiger partial charge >= 0.3 is 6.01 Å². The van der Waals surface area contributed by atoms with E-state index in [2.05, 4.69) is 21.0 Å². The highest BCUT2D eigenvalue weighted by Crippen LogP contribution is 2.28. The van der Waals surface area contributed by atoms with Crippen LogP contribution in [0.2, 0.25) is 0 Å². The number of hydrogen-bond donors (Lipinski definition) is 0. The van der Waals surface area contributed by atoms with Crippen molar-refractivity contribution in [3.63, 3.8) is 0 Å². The maximum Gasteiger partial charge on any atom is 0.318 e. The van der Waals surface area contributed by atoms with E-state index in [1.165, 1.54) is 0 Å². The second kappa shape index (κ2) is 4.89. The maximum atomic E-state index is 5.19. The summed E-state index contributed by atoms with van der Waals surface area (Å²) in [5.74, 6) is 0. The quantitative estimate of drug-likeness (QED) is 0.713. The lowest BCUT2D eigenvalue weighted by Crippen LogP contribution is -1.99. The van der Waals surface area contributed by atoms with E-state index in [9.17, 15) is 0 Å². The highest BCUT2D eigenvalue weighted by Gasteiger charge is 2.12. The van der Waals surface area contributed by atoms with E-state index in [1.54, 1.807) is 7.11 Å². The fraction of sp³-hybridized carbons (Fsp3) is 0.188. The predicted molar refractivity (Wildman–Crippen MR) is 78.8 cm³/mol. The van der Waals surface area contributed by atoms with Gasteiger partial charge < -0.3 is 4.74 Å². The van der Waals surface area contributed by atoms with Crippen molar-refractivity contribution in [2.45, 2.75) is 13.8 Å². The number of aryl methyl sites for hydroxylation is 2. The van der Waals surface area contributed by atoms with Gasteiger partial charge in [0.15, 0.2) is 5.65 Å². The van der Waals surface area contributed by atoms with Crippen molar-refractivity contribution >= 4 is 11.0 Å². The van der Waals surface area contributed by atoms with Crippen LogP contribution in [0.15, 0.2) is 36.4 Å². The zero-order chi connectivity index (χ0) is 14.1. The van der Waals surface area contributed by atoms with Gasteiger partial charge in [-0.25, -0.2) is 4.98 Å². The fourth-order valence-electron chi connectivity index (χ4n) is 2.13. The van der Waals surface area contributed by atoms with Crippen LogP contribution >= 0.6 is 0 Å². The molecule has 4 nitrogen and oxygen atoms in total. The van der Waals surface area contributed by atoms with Crippen LogP contribution in [0.4, 0.5) is 0 Å². The van der Waals surface area contributed by atoms with Crippen molar-refractivity contribution < 1.29 is 4.74 Å². The largest absolute Gasteiger partial charge is 0.467 e. The predicted octanol–water partition coefficient (Wildman–Crippen LogP) is 3.32. The molecule has 4 heteroatoms. The first-order valence-corrected chi connectivity index (χ1v) is 6.44. The van der Waals surface area contributed by atoms with Crippen LogP contribution in [-0.2, 0) is 0 Å². The van der Waals surface area contributed by atoms with Crippen LogP contribution in [0.25, 0.3) is 22.3 Å². The van der Waals surface area contributed by atoms with Crippen molar-refractivity contribution in [2.75, 3.05) is 7.11 Å². The van der Waals surface area contributed by atoms with E-state index in [1.807, 2.05) is 44.2 Å².